The molecule has 0 saturated carbocycles. The van der Waals surface area contributed by atoms with Gasteiger partial charge in [0.2, 0.25) is 0 Å². The first-order valence-corrected chi connectivity index (χ1v) is 5.00. The van der Waals surface area contributed by atoms with Gasteiger partial charge in [0.1, 0.15) is 11.6 Å². The molecule has 0 saturated heterocycles. The molecule has 16 heavy (non-hydrogen) atoms. The van der Waals surface area contributed by atoms with Crippen LogP contribution < -0.4 is 10.5 Å². The highest BCUT2D eigenvalue weighted by Gasteiger charge is 2.12. The third-order valence-electron chi connectivity index (χ3n) is 2.10. The fourth-order valence-electron chi connectivity index (χ4n) is 1.23. The molecule has 0 amide bonds. The Morgan fingerprint density at radius 2 is 2.12 bits per heavy atom. The highest BCUT2D eigenvalue weighted by Crippen LogP contribution is 2.12. The zero-order valence-corrected chi connectivity index (χ0v) is 9.50. The molecular weight excluding hydrogens is 216 g/mol. The molecule has 1 aromatic rings. The molecule has 0 unspecified atom stereocenters. The maximum absolute atomic E-state index is 12.2. The number of anilines is 1. The number of alkyl halides is 2. The highest BCUT2D eigenvalue weighted by atomic mass is 19.3. The molecule has 0 bridgehead atoms. The molecule has 0 aromatic carbocycles. The molecule has 0 spiro atoms. The van der Waals surface area contributed by atoms with Crippen LogP contribution >= 0.6 is 0 Å². The molecule has 4 nitrogen and oxygen atoms in total. The summed E-state index contributed by atoms with van der Waals surface area (Å²) in [5.74, 6) is 0.823. The summed E-state index contributed by atoms with van der Waals surface area (Å²) in [4.78, 5) is 19.3. The van der Waals surface area contributed by atoms with Crippen molar-refractivity contribution in [1.82, 2.24) is 9.97 Å². The number of rotatable bonds is 4. The van der Waals surface area contributed by atoms with Gasteiger partial charge in [0, 0.05) is 19.0 Å². The van der Waals surface area contributed by atoms with Crippen molar-refractivity contribution in [3.05, 3.63) is 22.2 Å². The van der Waals surface area contributed by atoms with Gasteiger partial charge in [0.25, 0.3) is 12.0 Å². The fourth-order valence-corrected chi connectivity index (χ4v) is 1.23. The van der Waals surface area contributed by atoms with Crippen LogP contribution in [0, 0.1) is 0 Å². The number of hydrogen-bond acceptors (Lipinski definition) is 3. The quantitative estimate of drug-likeness (QED) is 0.856. The zero-order chi connectivity index (χ0) is 12.3. The number of nitrogens with one attached hydrogen (secondary N) is 1. The van der Waals surface area contributed by atoms with E-state index < -0.39 is 13.0 Å². The van der Waals surface area contributed by atoms with E-state index in [2.05, 4.69) is 9.97 Å². The number of H-pyrrole nitrogens is 1. The van der Waals surface area contributed by atoms with Crippen molar-refractivity contribution in [2.45, 2.75) is 26.2 Å². The molecule has 0 fully saturated rings. The minimum Gasteiger partial charge on any atom is -0.354 e. The molecule has 0 aliphatic rings. The lowest BCUT2D eigenvalue weighted by Gasteiger charge is -2.18. The van der Waals surface area contributed by atoms with Crippen molar-refractivity contribution in [3.8, 4) is 0 Å². The normalized spacial score (nSPS) is 11.2. The van der Waals surface area contributed by atoms with E-state index in [-0.39, 0.29) is 17.3 Å². The molecule has 0 aliphatic carbocycles. The minimum atomic E-state index is -2.45. The molecule has 0 radical (unpaired) electrons. The SMILES string of the molecule is CC(C)c1nc(N(C)CC(F)F)cc(=O)[nH]1. The number of nitrogens with zero attached hydrogens (tertiary/aromatic N) is 2. The van der Waals surface area contributed by atoms with Crippen LogP contribution in [0.5, 0.6) is 0 Å². The second kappa shape index (κ2) is 5.05. The van der Waals surface area contributed by atoms with Crippen LogP contribution in [-0.2, 0) is 0 Å². The van der Waals surface area contributed by atoms with Crippen LogP contribution in [0.3, 0.4) is 0 Å². The number of aromatic nitrogens is 2. The first kappa shape index (κ1) is 12.6. The first-order valence-electron chi connectivity index (χ1n) is 5.00. The summed E-state index contributed by atoms with van der Waals surface area (Å²) in [7, 11) is 1.48. The van der Waals surface area contributed by atoms with Crippen LogP contribution in [0.4, 0.5) is 14.6 Å². The van der Waals surface area contributed by atoms with E-state index in [4.69, 9.17) is 0 Å². The average Bonchev–Trinajstić information content (AvgIpc) is 2.15. The lowest BCUT2D eigenvalue weighted by molar-refractivity contribution is 0.156. The Labute approximate surface area is 92.3 Å². The topological polar surface area (TPSA) is 49.0 Å². The molecular formula is C10H15F2N3O. The fraction of sp³-hybridized carbons (Fsp3) is 0.600. The molecule has 6 heteroatoms. The zero-order valence-electron chi connectivity index (χ0n) is 9.50. The van der Waals surface area contributed by atoms with Crippen molar-refractivity contribution in [2.75, 3.05) is 18.5 Å². The van der Waals surface area contributed by atoms with E-state index in [1.165, 1.54) is 18.0 Å². The Morgan fingerprint density at radius 3 is 2.62 bits per heavy atom. The van der Waals surface area contributed by atoms with Crippen molar-refractivity contribution in [3.63, 3.8) is 0 Å². The van der Waals surface area contributed by atoms with Gasteiger partial charge in [-0.25, -0.2) is 13.8 Å². The summed E-state index contributed by atoms with van der Waals surface area (Å²) < 4.78 is 24.4. The Balaban J connectivity index is 3.00. The van der Waals surface area contributed by atoms with Gasteiger partial charge in [0.05, 0.1) is 6.54 Å². The van der Waals surface area contributed by atoms with Gasteiger partial charge in [0.15, 0.2) is 0 Å². The second-order valence-electron chi connectivity index (χ2n) is 3.92. The van der Waals surface area contributed by atoms with Crippen molar-refractivity contribution in [2.24, 2.45) is 0 Å². The molecule has 1 aromatic heterocycles. The van der Waals surface area contributed by atoms with Crippen LogP contribution in [0.15, 0.2) is 10.9 Å². The lowest BCUT2D eigenvalue weighted by atomic mass is 10.2. The van der Waals surface area contributed by atoms with Crippen molar-refractivity contribution in [1.29, 1.82) is 0 Å². The van der Waals surface area contributed by atoms with Crippen LogP contribution in [0.2, 0.25) is 0 Å². The Hall–Kier alpha value is -1.46. The van der Waals surface area contributed by atoms with Gasteiger partial charge in [-0.1, -0.05) is 13.8 Å². The molecule has 1 N–H and O–H groups in total. The molecule has 90 valence electrons. The third kappa shape index (κ3) is 3.29. The van der Waals surface area contributed by atoms with Gasteiger partial charge >= 0.3 is 0 Å². The standard InChI is InChI=1S/C10H15F2N3O/c1-6(2)10-13-8(4-9(16)14-10)15(3)5-7(11)12/h4,6-7H,5H2,1-3H3,(H,13,14,16). The summed E-state index contributed by atoms with van der Waals surface area (Å²) in [6, 6.07) is 1.22. The van der Waals surface area contributed by atoms with Crippen LogP contribution in [0.1, 0.15) is 25.6 Å². The van der Waals surface area contributed by atoms with Gasteiger partial charge < -0.3 is 9.88 Å². The summed E-state index contributed by atoms with van der Waals surface area (Å²) in [5, 5.41) is 0. The second-order valence-corrected chi connectivity index (χ2v) is 3.92. The minimum absolute atomic E-state index is 0.0487. The van der Waals surface area contributed by atoms with Gasteiger partial charge in [-0.15, -0.1) is 0 Å². The monoisotopic (exact) mass is 231 g/mol. The molecule has 1 rings (SSSR count). The summed E-state index contributed by atoms with van der Waals surface area (Å²) in [6.45, 7) is 3.30. The number of aromatic amines is 1. The molecule has 1 heterocycles. The summed E-state index contributed by atoms with van der Waals surface area (Å²) in [5.41, 5.74) is -0.324. The highest BCUT2D eigenvalue weighted by molar-refractivity contribution is 5.36. The predicted octanol–water partition coefficient (Wildman–Crippen LogP) is 1.59. The van der Waals surface area contributed by atoms with Crippen LogP contribution in [-0.4, -0.2) is 30.0 Å². The van der Waals surface area contributed by atoms with E-state index in [9.17, 15) is 13.6 Å². The molecule has 0 aliphatic heterocycles. The number of hydrogen-bond donors (Lipinski definition) is 1. The third-order valence-corrected chi connectivity index (χ3v) is 2.10. The largest absolute Gasteiger partial charge is 0.354 e. The van der Waals surface area contributed by atoms with Gasteiger partial charge in [-0.05, 0) is 0 Å². The van der Waals surface area contributed by atoms with E-state index in [1.807, 2.05) is 13.8 Å². The van der Waals surface area contributed by atoms with Gasteiger partial charge in [-0.3, -0.25) is 4.79 Å². The Kier molecular flexibility index (Phi) is 3.98. The smallest absolute Gasteiger partial charge is 0.255 e. The maximum atomic E-state index is 12.2. The van der Waals surface area contributed by atoms with Crippen molar-refractivity contribution >= 4 is 5.82 Å². The first-order chi connectivity index (χ1) is 7.40. The number of halogens is 2. The van der Waals surface area contributed by atoms with E-state index in [0.717, 1.165) is 0 Å². The summed E-state index contributed by atoms with van der Waals surface area (Å²) >= 11 is 0. The van der Waals surface area contributed by atoms with E-state index in [0.29, 0.717) is 5.82 Å². The van der Waals surface area contributed by atoms with Crippen LogP contribution in [0.25, 0.3) is 0 Å². The van der Waals surface area contributed by atoms with Crippen molar-refractivity contribution < 1.29 is 8.78 Å². The maximum Gasteiger partial charge on any atom is 0.255 e. The van der Waals surface area contributed by atoms with Gasteiger partial charge in [-0.2, -0.15) is 0 Å². The predicted molar refractivity (Wildman–Crippen MR) is 58.2 cm³/mol. The Morgan fingerprint density at radius 1 is 1.50 bits per heavy atom. The van der Waals surface area contributed by atoms with E-state index in [1.54, 1.807) is 0 Å². The molecule has 0 atom stereocenters. The lowest BCUT2D eigenvalue weighted by Crippen LogP contribution is -2.27. The van der Waals surface area contributed by atoms with E-state index >= 15 is 0 Å². The Bertz CT molecular complexity index is 403. The average molecular weight is 231 g/mol. The summed E-state index contributed by atoms with van der Waals surface area (Å²) in [6.07, 6.45) is -2.45.